The van der Waals surface area contributed by atoms with Crippen molar-refractivity contribution in [1.29, 1.82) is 0 Å². The van der Waals surface area contributed by atoms with Crippen molar-refractivity contribution in [2.75, 3.05) is 26.9 Å². The van der Waals surface area contributed by atoms with E-state index < -0.39 is 17.6 Å². The molecule has 9 nitrogen and oxygen atoms in total. The van der Waals surface area contributed by atoms with Gasteiger partial charge in [-0.2, -0.15) is 0 Å². The normalized spacial score (nSPS) is 26.0. The number of allylic oxidation sites excluding steroid dienone is 3. The second kappa shape index (κ2) is 9.83. The van der Waals surface area contributed by atoms with Crippen LogP contribution in [0.2, 0.25) is 0 Å². The summed E-state index contributed by atoms with van der Waals surface area (Å²) in [6.07, 6.45) is 5.29. The molecule has 37 heavy (non-hydrogen) atoms. The van der Waals surface area contributed by atoms with E-state index in [4.69, 9.17) is 4.74 Å². The molecular weight excluding hydrogens is 479 g/mol. The molecule has 0 aromatic heterocycles. The molecule has 2 unspecified atom stereocenters. The first-order valence-corrected chi connectivity index (χ1v) is 12.6. The predicted octanol–water partition coefficient (Wildman–Crippen LogP) is 1.89. The Morgan fingerprint density at radius 2 is 2.05 bits per heavy atom. The summed E-state index contributed by atoms with van der Waals surface area (Å²) in [4.78, 5) is 54.8. The maximum atomic E-state index is 13.8. The molecule has 5 rings (SSSR count). The highest BCUT2D eigenvalue weighted by molar-refractivity contribution is 6.10. The number of carbonyl (C=O) groups is 4. The standard InChI is InChI=1S/C27H31FN4O5/c1-16(18-6-7-18)32(12-17-4-3-5-19(28)10-17)24(34)13-31-14-27(37-15-31)21-8-9-22(30-26(36)29-2)25(35)20(21)11-23(27)33/h3-5,8-10,16,18,20H,6-7,11-15H2,1-2H3,(H2,29,30,36)/t16?,20?,27-/m0/s1. The number of nitrogens with zero attached hydrogens (tertiary/aromatic N) is 2. The van der Waals surface area contributed by atoms with Crippen LogP contribution >= 0.6 is 0 Å². The zero-order chi connectivity index (χ0) is 26.3. The lowest BCUT2D eigenvalue weighted by Crippen LogP contribution is -2.46. The summed E-state index contributed by atoms with van der Waals surface area (Å²) >= 11 is 0. The fourth-order valence-electron chi connectivity index (χ4n) is 5.58. The van der Waals surface area contributed by atoms with Crippen molar-refractivity contribution < 1.29 is 28.3 Å². The highest BCUT2D eigenvalue weighted by Gasteiger charge is 2.58. The van der Waals surface area contributed by atoms with Gasteiger partial charge in [0, 0.05) is 32.6 Å². The van der Waals surface area contributed by atoms with Crippen LogP contribution in [0.1, 0.15) is 31.7 Å². The molecule has 10 heteroatoms. The summed E-state index contributed by atoms with van der Waals surface area (Å²) < 4.78 is 19.8. The van der Waals surface area contributed by atoms with E-state index in [2.05, 4.69) is 10.6 Å². The number of hydrogen-bond donors (Lipinski definition) is 2. The number of rotatable bonds is 7. The molecule has 3 amide bonds. The molecule has 1 saturated heterocycles. The summed E-state index contributed by atoms with van der Waals surface area (Å²) in [5.74, 6) is -1.25. The van der Waals surface area contributed by atoms with Gasteiger partial charge in [-0.25, -0.2) is 9.18 Å². The first-order valence-electron chi connectivity index (χ1n) is 12.6. The van der Waals surface area contributed by atoms with E-state index in [1.807, 2.05) is 13.0 Å². The lowest BCUT2D eigenvalue weighted by atomic mass is 9.85. The molecule has 0 radical (unpaired) electrons. The van der Waals surface area contributed by atoms with Crippen molar-refractivity contribution in [2.45, 2.75) is 44.4 Å². The first kappa shape index (κ1) is 25.3. The predicted molar refractivity (Wildman–Crippen MR) is 131 cm³/mol. The molecule has 1 spiro atoms. The number of carbonyl (C=O) groups excluding carboxylic acids is 4. The van der Waals surface area contributed by atoms with E-state index in [0.717, 1.165) is 18.4 Å². The molecule has 0 bridgehead atoms. The van der Waals surface area contributed by atoms with Gasteiger partial charge in [-0.1, -0.05) is 18.2 Å². The van der Waals surface area contributed by atoms with Crippen LogP contribution in [0.5, 0.6) is 0 Å². The largest absolute Gasteiger partial charge is 0.346 e. The minimum Gasteiger partial charge on any atom is -0.346 e. The molecular formula is C27H31FN4O5. The number of ketones is 2. The maximum absolute atomic E-state index is 13.8. The van der Waals surface area contributed by atoms with Crippen molar-refractivity contribution in [3.05, 3.63) is 59.1 Å². The Balaban J connectivity index is 1.31. The zero-order valence-electron chi connectivity index (χ0n) is 21.0. The van der Waals surface area contributed by atoms with Crippen molar-refractivity contribution in [3.8, 4) is 0 Å². The van der Waals surface area contributed by atoms with Crippen molar-refractivity contribution in [2.24, 2.45) is 11.8 Å². The van der Waals surface area contributed by atoms with Crippen LogP contribution in [-0.2, 0) is 25.7 Å². The number of Topliss-reactive ketones (excluding diaryl/α,β-unsaturated/α-hetero) is 2. The van der Waals surface area contributed by atoms with Crippen LogP contribution in [0.25, 0.3) is 0 Å². The summed E-state index contributed by atoms with van der Waals surface area (Å²) in [6, 6.07) is 5.77. The van der Waals surface area contributed by atoms with Crippen molar-refractivity contribution in [1.82, 2.24) is 20.4 Å². The minimum atomic E-state index is -1.27. The highest BCUT2D eigenvalue weighted by atomic mass is 19.1. The zero-order valence-corrected chi connectivity index (χ0v) is 21.0. The van der Waals surface area contributed by atoms with Crippen LogP contribution in [0.15, 0.2) is 47.7 Å². The fourth-order valence-corrected chi connectivity index (χ4v) is 5.58. The molecule has 2 saturated carbocycles. The molecule has 1 aliphatic heterocycles. The molecule has 3 aliphatic carbocycles. The van der Waals surface area contributed by atoms with Gasteiger partial charge in [0.05, 0.1) is 18.2 Å². The van der Waals surface area contributed by atoms with Gasteiger partial charge in [0.15, 0.2) is 17.2 Å². The number of hydrogen-bond acceptors (Lipinski definition) is 6. The molecule has 1 heterocycles. The number of benzene rings is 1. The van der Waals surface area contributed by atoms with Gasteiger partial charge in [0.25, 0.3) is 0 Å². The third kappa shape index (κ3) is 4.83. The quantitative estimate of drug-likeness (QED) is 0.580. The highest BCUT2D eigenvalue weighted by Crippen LogP contribution is 2.46. The van der Waals surface area contributed by atoms with Crippen LogP contribution in [0, 0.1) is 17.7 Å². The number of ether oxygens (including phenoxy) is 1. The number of halogens is 1. The van der Waals surface area contributed by atoms with Gasteiger partial charge in [-0.05, 0) is 55.0 Å². The van der Waals surface area contributed by atoms with E-state index >= 15 is 0 Å². The molecule has 1 aromatic carbocycles. The molecule has 196 valence electrons. The maximum Gasteiger partial charge on any atom is 0.319 e. The number of fused-ring (bicyclic) bond motifs is 2. The summed E-state index contributed by atoms with van der Waals surface area (Å²) in [6.45, 7) is 2.63. The third-order valence-electron chi connectivity index (χ3n) is 7.83. The van der Waals surface area contributed by atoms with E-state index in [0.29, 0.717) is 18.0 Å². The minimum absolute atomic E-state index is 0.0103. The monoisotopic (exact) mass is 510 g/mol. The Labute approximate surface area is 214 Å². The summed E-state index contributed by atoms with van der Waals surface area (Å²) in [5.41, 5.74) is 0.154. The van der Waals surface area contributed by atoms with Gasteiger partial charge in [-0.3, -0.25) is 19.3 Å². The molecule has 3 atom stereocenters. The lowest BCUT2D eigenvalue weighted by molar-refractivity contribution is -0.135. The molecule has 4 aliphatic rings. The summed E-state index contributed by atoms with van der Waals surface area (Å²) in [7, 11) is 1.45. The summed E-state index contributed by atoms with van der Waals surface area (Å²) in [5, 5.41) is 4.90. The average Bonchev–Trinajstić information content (AvgIpc) is 3.58. The van der Waals surface area contributed by atoms with Crippen LogP contribution in [0.3, 0.4) is 0 Å². The van der Waals surface area contributed by atoms with E-state index in [1.54, 1.807) is 21.9 Å². The topological polar surface area (TPSA) is 108 Å². The molecule has 2 N–H and O–H groups in total. The van der Waals surface area contributed by atoms with E-state index in [-0.39, 0.29) is 61.3 Å². The Kier molecular flexibility index (Phi) is 6.72. The van der Waals surface area contributed by atoms with Gasteiger partial charge >= 0.3 is 6.03 Å². The average molecular weight is 511 g/mol. The second-order valence-corrected chi connectivity index (χ2v) is 10.3. The second-order valence-electron chi connectivity index (χ2n) is 10.3. The number of amides is 3. The Bertz CT molecular complexity index is 1210. The van der Waals surface area contributed by atoms with E-state index in [9.17, 15) is 23.6 Å². The lowest BCUT2D eigenvalue weighted by Gasteiger charge is -2.31. The SMILES string of the molecule is CNC(=O)NC1=CC=C2C(CC(=O)[C@]23CN(CC(=O)N(Cc2cccc(F)c2)C(C)C2CC2)CO3)C1=O. The molecule has 3 fully saturated rings. The number of nitrogens with one attached hydrogen (secondary N) is 2. The Morgan fingerprint density at radius 1 is 1.27 bits per heavy atom. The Hall–Kier alpha value is -3.37. The first-order chi connectivity index (χ1) is 17.7. The van der Waals surface area contributed by atoms with Gasteiger partial charge in [0.2, 0.25) is 5.91 Å². The number of urea groups is 1. The third-order valence-corrected chi connectivity index (χ3v) is 7.83. The van der Waals surface area contributed by atoms with Gasteiger partial charge < -0.3 is 20.3 Å². The van der Waals surface area contributed by atoms with Crippen molar-refractivity contribution in [3.63, 3.8) is 0 Å². The fraction of sp³-hybridized carbons (Fsp3) is 0.481. The van der Waals surface area contributed by atoms with E-state index in [1.165, 1.54) is 25.3 Å². The van der Waals surface area contributed by atoms with Crippen LogP contribution in [0.4, 0.5) is 9.18 Å². The smallest absolute Gasteiger partial charge is 0.319 e. The Morgan fingerprint density at radius 3 is 2.76 bits per heavy atom. The van der Waals surface area contributed by atoms with Crippen LogP contribution < -0.4 is 10.6 Å². The van der Waals surface area contributed by atoms with Crippen LogP contribution in [-0.4, -0.2) is 71.8 Å². The van der Waals surface area contributed by atoms with Gasteiger partial charge in [-0.15, -0.1) is 0 Å². The molecule has 1 aromatic rings. The van der Waals surface area contributed by atoms with Crippen molar-refractivity contribution >= 4 is 23.5 Å². The van der Waals surface area contributed by atoms with Gasteiger partial charge in [0.1, 0.15) is 12.5 Å².